The zero-order chi connectivity index (χ0) is 23.5. The molecule has 1 aliphatic rings. The zero-order valence-electron chi connectivity index (χ0n) is 18.9. The highest BCUT2D eigenvalue weighted by atomic mass is 16.5. The first-order chi connectivity index (χ1) is 16.0. The number of ether oxygens (including phenoxy) is 2. The quantitative estimate of drug-likeness (QED) is 0.554. The number of allylic oxidation sites excluding steroid dienone is 2. The average Bonchev–Trinajstić information content (AvgIpc) is 3.12. The van der Waals surface area contributed by atoms with Crippen molar-refractivity contribution in [1.29, 1.82) is 0 Å². The summed E-state index contributed by atoms with van der Waals surface area (Å²) in [5.74, 6) is -1.30. The Bertz CT molecular complexity index is 1320. The van der Waals surface area contributed by atoms with E-state index >= 15 is 0 Å². The lowest BCUT2D eigenvalue weighted by Crippen LogP contribution is -2.27. The van der Waals surface area contributed by atoms with Gasteiger partial charge in [-0.3, -0.25) is 0 Å². The van der Waals surface area contributed by atoms with Crippen molar-refractivity contribution >= 4 is 28.7 Å². The maximum atomic E-state index is 12.7. The van der Waals surface area contributed by atoms with E-state index in [1.807, 2.05) is 31.2 Å². The van der Waals surface area contributed by atoms with Crippen molar-refractivity contribution < 1.29 is 19.1 Å². The van der Waals surface area contributed by atoms with Crippen molar-refractivity contribution in [2.75, 3.05) is 19.1 Å². The molecule has 0 spiro atoms. The monoisotopic (exact) mass is 444 g/mol. The van der Waals surface area contributed by atoms with E-state index in [0.717, 1.165) is 17.7 Å². The molecule has 0 unspecified atom stereocenters. The molecule has 0 saturated heterocycles. The summed E-state index contributed by atoms with van der Waals surface area (Å²) >= 11 is 0. The molecule has 0 radical (unpaired) electrons. The minimum atomic E-state index is -0.661. The Morgan fingerprint density at radius 3 is 2.24 bits per heavy atom. The first-order valence-electron chi connectivity index (χ1n) is 10.5. The topological polar surface area (TPSA) is 86.6 Å². The molecule has 0 fully saturated rings. The van der Waals surface area contributed by atoms with E-state index in [2.05, 4.69) is 29.3 Å². The minimum Gasteiger partial charge on any atom is -0.465 e. The Hall–Kier alpha value is -4.20. The largest absolute Gasteiger partial charge is 0.465 e. The molecule has 4 rings (SSSR count). The van der Waals surface area contributed by atoms with Gasteiger partial charge in [0.05, 0.1) is 31.2 Å². The molecule has 3 aromatic rings. The maximum absolute atomic E-state index is 12.7. The summed E-state index contributed by atoms with van der Waals surface area (Å²) in [6, 6.07) is 11.8. The smallest absolute Gasteiger partial charge is 0.355 e. The summed E-state index contributed by atoms with van der Waals surface area (Å²) in [6.45, 7) is 4.01. The number of anilines is 1. The molecule has 8 nitrogen and oxygen atoms in total. The Kier molecular flexibility index (Phi) is 6.08. The lowest BCUT2D eigenvalue weighted by molar-refractivity contribution is -0.139. The maximum Gasteiger partial charge on any atom is 0.355 e. The van der Waals surface area contributed by atoms with E-state index in [1.54, 1.807) is 28.0 Å². The van der Waals surface area contributed by atoms with E-state index < -0.39 is 11.9 Å². The molecule has 168 valence electrons. The van der Waals surface area contributed by atoms with Gasteiger partial charge in [0.25, 0.3) is 0 Å². The van der Waals surface area contributed by atoms with E-state index in [4.69, 9.17) is 9.47 Å². The first-order valence-corrected chi connectivity index (χ1v) is 10.5. The number of benzene rings is 2. The Morgan fingerprint density at radius 1 is 0.939 bits per heavy atom. The molecular formula is C25H24N4O4. The molecule has 0 bridgehead atoms. The van der Waals surface area contributed by atoms with Gasteiger partial charge in [0.2, 0.25) is 0 Å². The van der Waals surface area contributed by atoms with Crippen molar-refractivity contribution in [3.63, 3.8) is 0 Å². The van der Waals surface area contributed by atoms with E-state index in [9.17, 15) is 9.59 Å². The zero-order valence-corrected chi connectivity index (χ0v) is 18.9. The van der Waals surface area contributed by atoms with Gasteiger partial charge in [0.1, 0.15) is 16.7 Å². The van der Waals surface area contributed by atoms with Gasteiger partial charge >= 0.3 is 11.9 Å². The van der Waals surface area contributed by atoms with Crippen LogP contribution in [0, 0.1) is 6.92 Å². The normalized spacial score (nSPS) is 13.4. The molecule has 2 heterocycles. The fraction of sp³-hybridized carbons (Fsp3) is 0.200. The van der Waals surface area contributed by atoms with Crippen LogP contribution in [0.15, 0.2) is 72.1 Å². The molecule has 0 atom stereocenters. The molecule has 2 aromatic carbocycles. The number of aryl methyl sites for hydroxylation is 2. The van der Waals surface area contributed by atoms with Gasteiger partial charge in [-0.1, -0.05) is 25.1 Å². The molecule has 8 heteroatoms. The fourth-order valence-corrected chi connectivity index (χ4v) is 3.65. The van der Waals surface area contributed by atoms with Gasteiger partial charge < -0.3 is 14.4 Å². The number of aromatic nitrogens is 3. The van der Waals surface area contributed by atoms with E-state index in [0.29, 0.717) is 16.7 Å². The highest BCUT2D eigenvalue weighted by Gasteiger charge is 2.28. The van der Waals surface area contributed by atoms with Crippen molar-refractivity contribution in [3.05, 3.63) is 83.2 Å². The molecule has 1 aliphatic heterocycles. The predicted octanol–water partition coefficient (Wildman–Crippen LogP) is 3.78. The lowest BCUT2D eigenvalue weighted by Gasteiger charge is -2.24. The molecular weight excluding hydrogens is 420 g/mol. The summed E-state index contributed by atoms with van der Waals surface area (Å²) in [6.07, 6.45) is 7.58. The number of carbonyl (C=O) groups is 2. The standard InChI is InChI=1S/C25H24N4O4/c1-5-17-9-11-18(12-10-17)29-26-20-14-16(2)22(15-21(20)27-29)28-13-7-6-8-19(24(30)32-3)23(28)25(31)33-4/h6-15H,5H2,1-4H3. The summed E-state index contributed by atoms with van der Waals surface area (Å²) in [4.78, 5) is 28.3. The number of hydrogen-bond acceptors (Lipinski definition) is 7. The number of rotatable bonds is 5. The van der Waals surface area contributed by atoms with Crippen LogP contribution >= 0.6 is 0 Å². The molecule has 0 aliphatic carbocycles. The van der Waals surface area contributed by atoms with Crippen LogP contribution in [-0.2, 0) is 25.5 Å². The molecule has 0 N–H and O–H groups in total. The van der Waals surface area contributed by atoms with Crippen molar-refractivity contribution in [1.82, 2.24) is 15.0 Å². The van der Waals surface area contributed by atoms with Gasteiger partial charge in [0.15, 0.2) is 0 Å². The lowest BCUT2D eigenvalue weighted by atomic mass is 10.1. The second-order valence-electron chi connectivity index (χ2n) is 7.45. The highest BCUT2D eigenvalue weighted by molar-refractivity contribution is 6.05. The number of carbonyl (C=O) groups excluding carboxylic acids is 2. The summed E-state index contributed by atoms with van der Waals surface area (Å²) in [5.41, 5.74) is 5.09. The van der Waals surface area contributed by atoms with Crippen LogP contribution in [0.1, 0.15) is 18.1 Å². The van der Waals surface area contributed by atoms with Crippen LogP contribution in [0.5, 0.6) is 0 Å². The van der Waals surface area contributed by atoms with Crippen LogP contribution in [0.4, 0.5) is 5.69 Å². The molecule has 0 amide bonds. The van der Waals surface area contributed by atoms with E-state index in [1.165, 1.54) is 25.9 Å². The van der Waals surface area contributed by atoms with Gasteiger partial charge in [-0.2, -0.15) is 4.80 Å². The van der Waals surface area contributed by atoms with Crippen LogP contribution in [0.2, 0.25) is 0 Å². The fourth-order valence-electron chi connectivity index (χ4n) is 3.65. The van der Waals surface area contributed by atoms with Gasteiger partial charge in [-0.25, -0.2) is 9.59 Å². The van der Waals surface area contributed by atoms with E-state index in [-0.39, 0.29) is 11.3 Å². The summed E-state index contributed by atoms with van der Waals surface area (Å²) in [7, 11) is 2.54. The summed E-state index contributed by atoms with van der Waals surface area (Å²) in [5, 5.41) is 9.24. The van der Waals surface area contributed by atoms with Crippen molar-refractivity contribution in [2.24, 2.45) is 0 Å². The third kappa shape index (κ3) is 4.15. The number of nitrogens with zero attached hydrogens (tertiary/aromatic N) is 4. The second kappa shape index (κ2) is 9.12. The third-order valence-electron chi connectivity index (χ3n) is 5.42. The minimum absolute atomic E-state index is 0.0550. The second-order valence-corrected chi connectivity index (χ2v) is 7.45. The SMILES string of the molecule is CCc1ccc(-n2nc3cc(C)c(N4C=CC=CC(C(=O)OC)=C4C(=O)OC)cc3n2)cc1. The number of fused-ring (bicyclic) bond motifs is 1. The van der Waals surface area contributed by atoms with Gasteiger partial charge in [0, 0.05) is 6.20 Å². The molecule has 33 heavy (non-hydrogen) atoms. The third-order valence-corrected chi connectivity index (χ3v) is 5.42. The van der Waals surface area contributed by atoms with Crippen molar-refractivity contribution in [2.45, 2.75) is 20.3 Å². The number of hydrogen-bond donors (Lipinski definition) is 0. The summed E-state index contributed by atoms with van der Waals surface area (Å²) < 4.78 is 9.87. The Labute approximate surface area is 191 Å². The number of methoxy groups -OCH3 is 2. The van der Waals surface area contributed by atoms with Crippen LogP contribution in [0.3, 0.4) is 0 Å². The van der Waals surface area contributed by atoms with Crippen LogP contribution < -0.4 is 4.90 Å². The van der Waals surface area contributed by atoms with Gasteiger partial charge in [-0.15, -0.1) is 10.2 Å². The van der Waals surface area contributed by atoms with Crippen molar-refractivity contribution in [3.8, 4) is 5.69 Å². The molecule has 1 aromatic heterocycles. The molecule has 0 saturated carbocycles. The Balaban J connectivity index is 1.84. The highest BCUT2D eigenvalue weighted by Crippen LogP contribution is 2.31. The van der Waals surface area contributed by atoms with Crippen LogP contribution in [0.25, 0.3) is 16.7 Å². The average molecular weight is 444 g/mol. The number of esters is 2. The van der Waals surface area contributed by atoms with Gasteiger partial charge in [-0.05, 0) is 60.9 Å². The van der Waals surface area contributed by atoms with Crippen LogP contribution in [-0.4, -0.2) is 41.2 Å². The Morgan fingerprint density at radius 2 is 1.61 bits per heavy atom. The predicted molar refractivity (Wildman–Crippen MR) is 125 cm³/mol. The first kappa shape index (κ1) is 22.0.